The second-order valence-corrected chi connectivity index (χ2v) is 9.84. The average Bonchev–Trinajstić information content (AvgIpc) is 3.24. The van der Waals surface area contributed by atoms with E-state index in [0.717, 1.165) is 34.1 Å². The Bertz CT molecular complexity index is 885. The molecule has 0 bridgehead atoms. The number of nitrogens with zero attached hydrogens (tertiary/aromatic N) is 2. The second kappa shape index (κ2) is 6.29. The summed E-state index contributed by atoms with van der Waals surface area (Å²) < 4.78 is 25.6. The summed E-state index contributed by atoms with van der Waals surface area (Å²) in [6.45, 7) is 1.95. The molecular formula is C18H23N3O2S2. The van der Waals surface area contributed by atoms with Crippen LogP contribution in [0.4, 0.5) is 10.8 Å². The lowest BCUT2D eigenvalue weighted by Gasteiger charge is -2.21. The van der Waals surface area contributed by atoms with Gasteiger partial charge in [-0.1, -0.05) is 18.9 Å². The van der Waals surface area contributed by atoms with Gasteiger partial charge in [0.05, 0.1) is 17.6 Å². The van der Waals surface area contributed by atoms with Crippen LogP contribution in [0.25, 0.3) is 11.3 Å². The van der Waals surface area contributed by atoms with Crippen molar-refractivity contribution in [1.29, 1.82) is 0 Å². The molecule has 134 valence electrons. The van der Waals surface area contributed by atoms with E-state index in [9.17, 15) is 8.42 Å². The first-order chi connectivity index (χ1) is 11.9. The van der Waals surface area contributed by atoms with E-state index in [1.54, 1.807) is 11.3 Å². The lowest BCUT2D eigenvalue weighted by molar-refractivity contribution is 0.590. The lowest BCUT2D eigenvalue weighted by Crippen LogP contribution is -2.34. The van der Waals surface area contributed by atoms with Crippen molar-refractivity contribution in [3.8, 4) is 11.3 Å². The minimum Gasteiger partial charge on any atom is -0.359 e. The third-order valence-electron chi connectivity index (χ3n) is 5.07. The first-order valence-electron chi connectivity index (χ1n) is 8.76. The second-order valence-electron chi connectivity index (χ2n) is 7.12. The van der Waals surface area contributed by atoms with E-state index < -0.39 is 10.0 Å². The molecule has 1 aliphatic carbocycles. The molecule has 4 rings (SSSR count). The number of rotatable bonds is 4. The Hall–Kier alpha value is -1.60. The first-order valence-corrected chi connectivity index (χ1v) is 11.5. The van der Waals surface area contributed by atoms with Gasteiger partial charge in [-0.15, -0.1) is 11.3 Å². The van der Waals surface area contributed by atoms with Gasteiger partial charge in [0.15, 0.2) is 5.13 Å². The van der Waals surface area contributed by atoms with Gasteiger partial charge in [-0.05, 0) is 43.9 Å². The predicted molar refractivity (Wildman–Crippen MR) is 104 cm³/mol. The molecule has 0 spiro atoms. The highest BCUT2D eigenvalue weighted by Gasteiger charge is 2.32. The zero-order valence-corrected chi connectivity index (χ0v) is 16.2. The number of hydrogen-bond acceptors (Lipinski definition) is 5. The van der Waals surface area contributed by atoms with Crippen molar-refractivity contribution < 1.29 is 8.42 Å². The van der Waals surface area contributed by atoms with Gasteiger partial charge in [0, 0.05) is 23.0 Å². The van der Waals surface area contributed by atoms with Gasteiger partial charge in [0.2, 0.25) is 10.0 Å². The molecule has 1 fully saturated rings. The van der Waals surface area contributed by atoms with E-state index in [0.29, 0.717) is 6.04 Å². The maximum atomic E-state index is 12.0. The van der Waals surface area contributed by atoms with E-state index in [1.165, 1.54) is 36.2 Å². The Labute approximate surface area is 153 Å². The molecular weight excluding hydrogens is 354 g/mol. The lowest BCUT2D eigenvalue weighted by atomic mass is 10.1. The molecule has 2 aromatic rings. The molecule has 7 heteroatoms. The number of aromatic nitrogens is 1. The summed E-state index contributed by atoms with van der Waals surface area (Å²) in [5, 5.41) is 6.59. The van der Waals surface area contributed by atoms with E-state index in [2.05, 4.69) is 16.8 Å². The van der Waals surface area contributed by atoms with Crippen LogP contribution in [0, 0.1) is 0 Å². The summed E-state index contributed by atoms with van der Waals surface area (Å²) in [4.78, 5) is 4.73. The Morgan fingerprint density at radius 2 is 2.04 bits per heavy atom. The van der Waals surface area contributed by atoms with E-state index in [-0.39, 0.29) is 6.04 Å². The topological polar surface area (TPSA) is 62.3 Å². The number of sulfonamides is 1. The molecule has 1 N–H and O–H groups in total. The largest absolute Gasteiger partial charge is 0.359 e. The number of hydrogen-bond donors (Lipinski definition) is 1. The van der Waals surface area contributed by atoms with Crippen LogP contribution in [0.15, 0.2) is 23.6 Å². The molecule has 2 heterocycles. The van der Waals surface area contributed by atoms with Crippen molar-refractivity contribution >= 4 is 32.2 Å². The van der Waals surface area contributed by atoms with Gasteiger partial charge in [-0.25, -0.2) is 13.4 Å². The molecule has 1 saturated carbocycles. The number of fused-ring (bicyclic) bond motifs is 1. The zero-order chi connectivity index (χ0) is 17.6. The minimum atomic E-state index is -3.24. The summed E-state index contributed by atoms with van der Waals surface area (Å²) in [5.41, 5.74) is 3.89. The fourth-order valence-corrected chi connectivity index (χ4v) is 6.05. The average molecular weight is 378 g/mol. The standard InChI is InChI=1S/C18H23N3O2S2/c1-12-9-14-10-13(7-8-17(14)21(12)25(2,22)23)16-11-24-18(20-16)19-15-5-3-4-6-15/h7-8,10-12,15H,3-6,9H2,1-2H3,(H,19,20)/t12-/m0/s1. The number of nitrogens with one attached hydrogen (secondary N) is 1. The van der Waals surface area contributed by atoms with Crippen LogP contribution in [-0.4, -0.2) is 31.7 Å². The first kappa shape index (κ1) is 16.8. The fourth-order valence-electron chi connectivity index (χ4n) is 3.98. The minimum absolute atomic E-state index is 0.0321. The molecule has 0 saturated heterocycles. The van der Waals surface area contributed by atoms with E-state index >= 15 is 0 Å². The van der Waals surface area contributed by atoms with E-state index in [1.807, 2.05) is 19.1 Å². The normalized spacial score (nSPS) is 20.9. The van der Waals surface area contributed by atoms with Crippen molar-refractivity contribution in [1.82, 2.24) is 4.98 Å². The van der Waals surface area contributed by atoms with Gasteiger partial charge in [-0.3, -0.25) is 4.31 Å². The summed E-state index contributed by atoms with van der Waals surface area (Å²) in [6, 6.07) is 6.51. The monoisotopic (exact) mass is 377 g/mol. The highest BCUT2D eigenvalue weighted by molar-refractivity contribution is 7.92. The van der Waals surface area contributed by atoms with Gasteiger partial charge < -0.3 is 5.32 Å². The highest BCUT2D eigenvalue weighted by atomic mass is 32.2. The molecule has 0 unspecified atom stereocenters. The van der Waals surface area contributed by atoms with Crippen LogP contribution in [0.5, 0.6) is 0 Å². The molecule has 0 radical (unpaired) electrons. The van der Waals surface area contributed by atoms with Crippen LogP contribution in [-0.2, 0) is 16.4 Å². The van der Waals surface area contributed by atoms with Crippen molar-refractivity contribution in [2.75, 3.05) is 15.9 Å². The Morgan fingerprint density at radius 1 is 1.28 bits per heavy atom. The van der Waals surface area contributed by atoms with Gasteiger partial charge in [0.25, 0.3) is 0 Å². The van der Waals surface area contributed by atoms with Crippen LogP contribution in [0.2, 0.25) is 0 Å². The van der Waals surface area contributed by atoms with Crippen LogP contribution >= 0.6 is 11.3 Å². The molecule has 5 nitrogen and oxygen atoms in total. The Balaban J connectivity index is 1.59. The third-order valence-corrected chi connectivity index (χ3v) is 7.12. The number of benzene rings is 1. The van der Waals surface area contributed by atoms with Crippen LogP contribution in [0.3, 0.4) is 0 Å². The molecule has 25 heavy (non-hydrogen) atoms. The Morgan fingerprint density at radius 3 is 2.76 bits per heavy atom. The number of thiazole rings is 1. The van der Waals surface area contributed by atoms with Crippen molar-refractivity contribution in [3.05, 3.63) is 29.1 Å². The zero-order valence-electron chi connectivity index (χ0n) is 14.5. The van der Waals surface area contributed by atoms with Crippen LogP contribution < -0.4 is 9.62 Å². The third kappa shape index (κ3) is 3.27. The number of anilines is 2. The molecule has 0 amide bonds. The van der Waals surface area contributed by atoms with Gasteiger partial charge in [-0.2, -0.15) is 0 Å². The van der Waals surface area contributed by atoms with Gasteiger partial charge >= 0.3 is 0 Å². The summed E-state index contributed by atoms with van der Waals surface area (Å²) in [5.74, 6) is 0. The summed E-state index contributed by atoms with van der Waals surface area (Å²) in [6.07, 6.45) is 7.08. The Kier molecular flexibility index (Phi) is 4.24. The summed E-state index contributed by atoms with van der Waals surface area (Å²) in [7, 11) is -3.24. The van der Waals surface area contributed by atoms with Gasteiger partial charge in [0.1, 0.15) is 0 Å². The maximum absolute atomic E-state index is 12.0. The molecule has 2 aliphatic rings. The maximum Gasteiger partial charge on any atom is 0.232 e. The quantitative estimate of drug-likeness (QED) is 0.878. The van der Waals surface area contributed by atoms with Crippen molar-refractivity contribution in [3.63, 3.8) is 0 Å². The van der Waals surface area contributed by atoms with Crippen molar-refractivity contribution in [2.24, 2.45) is 0 Å². The smallest absolute Gasteiger partial charge is 0.232 e. The molecule has 1 aromatic carbocycles. The fraction of sp³-hybridized carbons (Fsp3) is 0.500. The highest BCUT2D eigenvalue weighted by Crippen LogP contribution is 2.37. The SMILES string of the molecule is C[C@H]1Cc2cc(-c3csc(NC4CCCC4)n3)ccc2N1S(C)(=O)=O. The predicted octanol–water partition coefficient (Wildman–Crippen LogP) is 3.88. The van der Waals surface area contributed by atoms with Crippen molar-refractivity contribution in [2.45, 2.75) is 51.1 Å². The summed E-state index contributed by atoms with van der Waals surface area (Å²) >= 11 is 1.64. The van der Waals surface area contributed by atoms with Crippen LogP contribution in [0.1, 0.15) is 38.2 Å². The van der Waals surface area contributed by atoms with E-state index in [4.69, 9.17) is 4.98 Å². The molecule has 1 atom stereocenters. The molecule has 1 aliphatic heterocycles. The molecule has 1 aromatic heterocycles.